The van der Waals surface area contributed by atoms with E-state index in [0.717, 1.165) is 0 Å². The van der Waals surface area contributed by atoms with Crippen molar-refractivity contribution in [3.63, 3.8) is 0 Å². The van der Waals surface area contributed by atoms with E-state index in [2.05, 4.69) is 3.63 Å². The number of Topliss-reactive ketones (excluding diaryl/α,β-unsaturated/α-hetero) is 1. The van der Waals surface area contributed by atoms with Crippen LogP contribution >= 0.6 is 10.3 Å². The molecule has 0 saturated heterocycles. The van der Waals surface area contributed by atoms with E-state index in [1.807, 2.05) is 0 Å². The molecule has 0 fully saturated rings. The van der Waals surface area contributed by atoms with Crippen LogP contribution in [-0.4, -0.2) is 36.0 Å². The van der Waals surface area contributed by atoms with Gasteiger partial charge in [0.05, 0.1) is 5.75 Å². The first kappa shape index (κ1) is 18.7. The largest absolute Gasteiger partial charge is 0.523 e. The summed E-state index contributed by atoms with van der Waals surface area (Å²) in [5.74, 6) is -0.702. The number of ketones is 1. The predicted molar refractivity (Wildman–Crippen MR) is 69.5 cm³/mol. The van der Waals surface area contributed by atoms with Gasteiger partial charge in [-0.05, 0) is 6.92 Å². The van der Waals surface area contributed by atoms with Crippen LogP contribution in [0.25, 0.3) is 0 Å². The number of carbonyl (C=O) groups is 1. The van der Waals surface area contributed by atoms with Gasteiger partial charge in [0.2, 0.25) is 0 Å². The molecule has 0 aliphatic heterocycles. The Labute approximate surface area is 113 Å². The van der Waals surface area contributed by atoms with Crippen molar-refractivity contribution in [2.75, 3.05) is 5.75 Å². The van der Waals surface area contributed by atoms with Gasteiger partial charge < -0.3 is 0 Å². The van der Waals surface area contributed by atoms with Crippen LogP contribution in [0.2, 0.25) is 0 Å². The first-order chi connectivity index (χ1) is 8.26. The van der Waals surface area contributed by atoms with Crippen molar-refractivity contribution in [1.29, 1.82) is 0 Å². The second kappa shape index (κ2) is 6.01. The Bertz CT molecular complexity index is 419. The van der Waals surface area contributed by atoms with E-state index >= 15 is 0 Å². The van der Waals surface area contributed by atoms with Crippen molar-refractivity contribution < 1.29 is 30.0 Å². The molecule has 0 N–H and O–H groups in total. The molecule has 19 heavy (non-hydrogen) atoms. The molecule has 0 aliphatic carbocycles. The Morgan fingerprint density at radius 2 is 1.47 bits per heavy atom. The van der Waals surface area contributed by atoms with Crippen molar-refractivity contribution in [2.24, 2.45) is 0 Å². The molecule has 0 aromatic rings. The van der Waals surface area contributed by atoms with Crippen molar-refractivity contribution in [2.45, 2.75) is 50.6 Å². The van der Waals surface area contributed by atoms with E-state index in [4.69, 9.17) is 0 Å². The molecule has 4 nitrogen and oxygen atoms in total. The molecular formula is C10H19F3O4S2. The zero-order valence-electron chi connectivity index (χ0n) is 11.4. The highest BCUT2D eigenvalue weighted by atomic mass is 32.3. The van der Waals surface area contributed by atoms with E-state index in [0.29, 0.717) is 0 Å². The van der Waals surface area contributed by atoms with Gasteiger partial charge in [-0.15, -0.1) is 10.3 Å². The summed E-state index contributed by atoms with van der Waals surface area (Å²) in [6, 6.07) is 0. The summed E-state index contributed by atoms with van der Waals surface area (Å²) in [6.45, 7) is 7.44. The average molecular weight is 324 g/mol. The van der Waals surface area contributed by atoms with Gasteiger partial charge in [-0.2, -0.15) is 21.6 Å². The molecule has 0 rings (SSSR count). The number of hydrogen-bond donors (Lipinski definition) is 0. The van der Waals surface area contributed by atoms with Gasteiger partial charge in [0.15, 0.2) is 0 Å². The molecule has 0 aromatic heterocycles. The summed E-state index contributed by atoms with van der Waals surface area (Å²) in [7, 11) is -8.43. The Morgan fingerprint density at radius 1 is 1.11 bits per heavy atom. The lowest BCUT2D eigenvalue weighted by atomic mass is 10.5. The Morgan fingerprint density at radius 3 is 1.68 bits per heavy atom. The minimum Gasteiger partial charge on any atom is -0.299 e. The first-order valence-corrected chi connectivity index (χ1v) is 8.83. The normalized spacial score (nSPS) is 15.1. The molecule has 0 bridgehead atoms. The molecule has 0 amide bonds. The van der Waals surface area contributed by atoms with Gasteiger partial charge in [0, 0.05) is 10.5 Å². The SMILES string of the molecule is CC(=O)CS(OS(=O)(=O)C(F)(F)F)(C(C)C)C(C)C. The fraction of sp³-hybridized carbons (Fsp3) is 0.900. The fourth-order valence-electron chi connectivity index (χ4n) is 1.58. The monoisotopic (exact) mass is 324 g/mol. The van der Waals surface area contributed by atoms with Crippen molar-refractivity contribution in [3.8, 4) is 0 Å². The van der Waals surface area contributed by atoms with E-state index < -0.39 is 42.2 Å². The number of alkyl halides is 3. The van der Waals surface area contributed by atoms with Crippen LogP contribution in [0.3, 0.4) is 0 Å². The highest BCUT2D eigenvalue weighted by Gasteiger charge is 2.52. The Kier molecular flexibility index (Phi) is 5.92. The summed E-state index contributed by atoms with van der Waals surface area (Å²) < 4.78 is 64.3. The minimum atomic E-state index is -5.71. The average Bonchev–Trinajstić information content (AvgIpc) is 2.12. The lowest BCUT2D eigenvalue weighted by Gasteiger charge is -2.44. The predicted octanol–water partition coefficient (Wildman–Crippen LogP) is 2.98. The smallest absolute Gasteiger partial charge is 0.299 e. The molecule has 0 spiro atoms. The second-order valence-corrected chi connectivity index (χ2v) is 10.3. The van der Waals surface area contributed by atoms with E-state index in [1.54, 1.807) is 27.7 Å². The fourth-order valence-corrected chi connectivity index (χ4v) is 7.06. The summed E-state index contributed by atoms with van der Waals surface area (Å²) in [4.78, 5) is 11.3. The number of halogens is 3. The van der Waals surface area contributed by atoms with Crippen molar-refractivity contribution in [1.82, 2.24) is 0 Å². The third kappa shape index (κ3) is 4.35. The highest BCUT2D eigenvalue weighted by Crippen LogP contribution is 2.59. The maximum Gasteiger partial charge on any atom is 0.523 e. The molecule has 0 aromatic carbocycles. The third-order valence-corrected chi connectivity index (χ3v) is 8.87. The molecule has 116 valence electrons. The van der Waals surface area contributed by atoms with Crippen LogP contribution in [0, 0.1) is 0 Å². The van der Waals surface area contributed by atoms with Gasteiger partial charge in [-0.3, -0.25) is 4.79 Å². The maximum absolute atomic E-state index is 12.4. The van der Waals surface area contributed by atoms with Crippen molar-refractivity contribution in [3.05, 3.63) is 0 Å². The van der Waals surface area contributed by atoms with Crippen LogP contribution in [0.5, 0.6) is 0 Å². The summed E-state index contributed by atoms with van der Waals surface area (Å²) >= 11 is 0. The van der Waals surface area contributed by atoms with Gasteiger partial charge in [0.1, 0.15) is 5.78 Å². The summed E-state index contributed by atoms with van der Waals surface area (Å²) in [5, 5.41) is -0.984. The minimum absolute atomic E-state index is 0.308. The van der Waals surface area contributed by atoms with E-state index in [9.17, 15) is 26.4 Å². The Balaban J connectivity index is 5.70. The number of hydrogen-bond acceptors (Lipinski definition) is 4. The quantitative estimate of drug-likeness (QED) is 0.705. The lowest BCUT2D eigenvalue weighted by molar-refractivity contribution is -0.114. The molecule has 0 aliphatic rings. The van der Waals surface area contributed by atoms with Crippen LogP contribution < -0.4 is 0 Å². The van der Waals surface area contributed by atoms with Crippen LogP contribution in [0.4, 0.5) is 13.2 Å². The zero-order valence-corrected chi connectivity index (χ0v) is 13.1. The van der Waals surface area contributed by atoms with E-state index in [-0.39, 0.29) is 5.75 Å². The molecular weight excluding hydrogens is 305 g/mol. The summed E-state index contributed by atoms with van der Waals surface area (Å²) in [5.41, 5.74) is -5.48. The Hall–Kier alpha value is -0.280. The van der Waals surface area contributed by atoms with Gasteiger partial charge in [0.25, 0.3) is 0 Å². The lowest BCUT2D eigenvalue weighted by Crippen LogP contribution is -2.35. The summed E-state index contributed by atoms with van der Waals surface area (Å²) in [6.07, 6.45) is 0. The molecule has 0 atom stereocenters. The number of carbonyl (C=O) groups excluding carboxylic acids is 1. The molecule has 0 saturated carbocycles. The third-order valence-electron chi connectivity index (χ3n) is 2.52. The number of rotatable bonds is 6. The second-order valence-electron chi connectivity index (χ2n) is 4.69. The van der Waals surface area contributed by atoms with Gasteiger partial charge in [-0.1, -0.05) is 27.7 Å². The van der Waals surface area contributed by atoms with Gasteiger partial charge in [-0.25, -0.2) is 3.63 Å². The van der Waals surface area contributed by atoms with Gasteiger partial charge >= 0.3 is 15.6 Å². The topological polar surface area (TPSA) is 60.4 Å². The van der Waals surface area contributed by atoms with Crippen LogP contribution in [-0.2, 0) is 18.5 Å². The first-order valence-electron chi connectivity index (χ1n) is 5.56. The molecule has 0 radical (unpaired) electrons. The molecule has 9 heteroatoms. The molecule has 0 unspecified atom stereocenters. The van der Waals surface area contributed by atoms with Crippen LogP contribution in [0.15, 0.2) is 0 Å². The molecule has 0 heterocycles. The zero-order chi connectivity index (χ0) is 15.6. The van der Waals surface area contributed by atoms with E-state index in [1.165, 1.54) is 6.92 Å². The van der Waals surface area contributed by atoms with Crippen LogP contribution in [0.1, 0.15) is 34.6 Å². The standard InChI is InChI=1S/C10H19F3O4S2/c1-7(2)18(8(3)4,6-9(5)14)17-19(15,16)10(11,12)13/h7-8H,6H2,1-5H3. The van der Waals surface area contributed by atoms with Crippen molar-refractivity contribution >= 4 is 26.2 Å². The maximum atomic E-state index is 12.4. The highest BCUT2D eigenvalue weighted by molar-refractivity contribution is 8.34.